The predicted molar refractivity (Wildman–Crippen MR) is 105 cm³/mol. The fourth-order valence-corrected chi connectivity index (χ4v) is 2.50. The van der Waals surface area contributed by atoms with Gasteiger partial charge in [0.15, 0.2) is 5.76 Å². The lowest BCUT2D eigenvalue weighted by molar-refractivity contribution is -0.114. The van der Waals surface area contributed by atoms with Gasteiger partial charge in [-0.25, -0.2) is 0 Å². The molecule has 3 N–H and O–H groups in total. The van der Waals surface area contributed by atoms with E-state index in [2.05, 4.69) is 16.0 Å². The Morgan fingerprint density at radius 2 is 1.46 bits per heavy atom. The molecule has 0 bridgehead atoms. The lowest BCUT2D eigenvalue weighted by atomic mass is 10.1. The van der Waals surface area contributed by atoms with Gasteiger partial charge >= 0.3 is 0 Å². The Balaban J connectivity index is 1.52. The minimum Gasteiger partial charge on any atom is -0.459 e. The van der Waals surface area contributed by atoms with E-state index >= 15 is 0 Å². The fourth-order valence-electron chi connectivity index (χ4n) is 2.50. The molecule has 0 aliphatic heterocycles. The van der Waals surface area contributed by atoms with Gasteiger partial charge < -0.3 is 20.4 Å². The molecule has 0 spiro atoms. The average Bonchev–Trinajstić information content (AvgIpc) is 3.22. The summed E-state index contributed by atoms with van der Waals surface area (Å²) in [5, 5.41) is 8.21. The largest absolute Gasteiger partial charge is 0.459 e. The van der Waals surface area contributed by atoms with E-state index in [0.717, 1.165) is 5.56 Å². The zero-order valence-electron chi connectivity index (χ0n) is 15.2. The van der Waals surface area contributed by atoms with Crippen LogP contribution in [0.4, 0.5) is 11.4 Å². The highest BCUT2D eigenvalue weighted by molar-refractivity contribution is 6.02. The van der Waals surface area contributed by atoms with E-state index in [0.29, 0.717) is 23.5 Å². The van der Waals surface area contributed by atoms with Gasteiger partial charge in [-0.1, -0.05) is 12.1 Å². The molecular weight excluding hydrogens is 358 g/mol. The van der Waals surface area contributed by atoms with E-state index in [-0.39, 0.29) is 23.5 Å². The Labute approximate surface area is 161 Å². The molecular formula is C21H19N3O4. The first-order valence-corrected chi connectivity index (χ1v) is 8.61. The summed E-state index contributed by atoms with van der Waals surface area (Å²) in [4.78, 5) is 35.2. The Kier molecular flexibility index (Phi) is 5.86. The predicted octanol–water partition coefficient (Wildman–Crippen LogP) is 3.42. The topological polar surface area (TPSA) is 100 Å². The second kappa shape index (κ2) is 8.68. The van der Waals surface area contributed by atoms with Crippen LogP contribution in [0.15, 0.2) is 71.3 Å². The maximum Gasteiger partial charge on any atom is 0.291 e. The lowest BCUT2D eigenvalue weighted by Crippen LogP contribution is -2.22. The van der Waals surface area contributed by atoms with Crippen molar-refractivity contribution in [2.45, 2.75) is 13.5 Å². The number of carbonyl (C=O) groups is 3. The second-order valence-electron chi connectivity index (χ2n) is 6.07. The highest BCUT2D eigenvalue weighted by Crippen LogP contribution is 2.13. The number of furan rings is 1. The first-order valence-electron chi connectivity index (χ1n) is 8.61. The van der Waals surface area contributed by atoms with Crippen molar-refractivity contribution in [3.05, 3.63) is 83.8 Å². The molecule has 0 radical (unpaired) electrons. The van der Waals surface area contributed by atoms with E-state index in [1.165, 1.54) is 13.2 Å². The number of nitrogens with one attached hydrogen (secondary N) is 3. The van der Waals surface area contributed by atoms with Crippen molar-refractivity contribution >= 4 is 29.1 Å². The zero-order valence-corrected chi connectivity index (χ0v) is 15.2. The van der Waals surface area contributed by atoms with E-state index in [1.54, 1.807) is 48.5 Å². The molecule has 1 heterocycles. The lowest BCUT2D eigenvalue weighted by Gasteiger charge is -2.08. The molecule has 3 amide bonds. The summed E-state index contributed by atoms with van der Waals surface area (Å²) in [6.45, 7) is 1.77. The number of hydrogen-bond acceptors (Lipinski definition) is 4. The average molecular weight is 377 g/mol. The highest BCUT2D eigenvalue weighted by Gasteiger charge is 2.09. The number of amides is 3. The zero-order chi connectivity index (χ0) is 19.9. The Morgan fingerprint density at radius 3 is 2.07 bits per heavy atom. The molecule has 0 aliphatic rings. The minimum absolute atomic E-state index is 0.166. The van der Waals surface area contributed by atoms with Gasteiger partial charge in [0, 0.05) is 30.4 Å². The van der Waals surface area contributed by atoms with Crippen LogP contribution in [-0.2, 0) is 11.3 Å². The number of anilines is 2. The monoisotopic (exact) mass is 377 g/mol. The van der Waals surface area contributed by atoms with Crippen LogP contribution < -0.4 is 16.0 Å². The molecule has 28 heavy (non-hydrogen) atoms. The molecule has 0 fully saturated rings. The fraction of sp³-hybridized carbons (Fsp3) is 0.0952. The summed E-state index contributed by atoms with van der Waals surface area (Å²) in [6, 6.07) is 17.0. The minimum atomic E-state index is -0.325. The molecule has 0 unspecified atom stereocenters. The third-order valence-corrected chi connectivity index (χ3v) is 3.88. The molecule has 7 heteroatoms. The summed E-state index contributed by atoms with van der Waals surface area (Å²) in [6.07, 6.45) is 1.44. The molecule has 0 saturated heterocycles. The van der Waals surface area contributed by atoms with Crippen LogP contribution in [0.3, 0.4) is 0 Å². The van der Waals surface area contributed by atoms with E-state index in [1.807, 2.05) is 12.1 Å². The van der Waals surface area contributed by atoms with Crippen molar-refractivity contribution in [1.82, 2.24) is 5.32 Å². The van der Waals surface area contributed by atoms with Crippen molar-refractivity contribution in [3.63, 3.8) is 0 Å². The third-order valence-electron chi connectivity index (χ3n) is 3.88. The summed E-state index contributed by atoms with van der Waals surface area (Å²) < 4.78 is 5.04. The smallest absolute Gasteiger partial charge is 0.291 e. The third kappa shape index (κ3) is 5.07. The van der Waals surface area contributed by atoms with Crippen molar-refractivity contribution in [1.29, 1.82) is 0 Å². The van der Waals surface area contributed by atoms with Gasteiger partial charge in [0.2, 0.25) is 5.91 Å². The summed E-state index contributed by atoms with van der Waals surface area (Å²) in [5.41, 5.74) is 2.65. The normalized spacial score (nSPS) is 10.2. The van der Waals surface area contributed by atoms with Gasteiger partial charge in [0.1, 0.15) is 0 Å². The van der Waals surface area contributed by atoms with E-state index in [4.69, 9.17) is 4.42 Å². The van der Waals surface area contributed by atoms with Crippen LogP contribution in [0.2, 0.25) is 0 Å². The summed E-state index contributed by atoms with van der Waals surface area (Å²) in [7, 11) is 0. The van der Waals surface area contributed by atoms with Gasteiger partial charge in [-0.2, -0.15) is 0 Å². The van der Waals surface area contributed by atoms with Gasteiger partial charge in [-0.15, -0.1) is 0 Å². The summed E-state index contributed by atoms with van der Waals surface area (Å²) in [5.74, 6) is -0.472. The second-order valence-corrected chi connectivity index (χ2v) is 6.07. The molecule has 2 aromatic carbocycles. The Hall–Kier alpha value is -3.87. The van der Waals surface area contributed by atoms with Gasteiger partial charge in [0.05, 0.1) is 6.26 Å². The maximum atomic E-state index is 12.2. The Bertz CT molecular complexity index is 962. The molecule has 0 atom stereocenters. The van der Waals surface area contributed by atoms with E-state index < -0.39 is 0 Å². The summed E-state index contributed by atoms with van der Waals surface area (Å²) >= 11 is 0. The number of benzene rings is 2. The van der Waals surface area contributed by atoms with Crippen molar-refractivity contribution in [2.75, 3.05) is 10.6 Å². The SMILES string of the molecule is CC(=O)Nc1ccc(C(=O)NCc2ccc(NC(=O)c3ccco3)cc2)cc1. The van der Waals surface area contributed by atoms with Gasteiger partial charge in [-0.05, 0) is 54.1 Å². The standard InChI is InChI=1S/C21H19N3O4/c1-14(25)23-17-10-6-16(7-11-17)20(26)22-13-15-4-8-18(9-5-15)24-21(27)19-3-2-12-28-19/h2-12H,13H2,1H3,(H,22,26)(H,23,25)(H,24,27). The first-order chi connectivity index (χ1) is 13.5. The van der Waals surface area contributed by atoms with Crippen LogP contribution in [0.1, 0.15) is 33.4 Å². The van der Waals surface area contributed by atoms with Gasteiger partial charge in [0.25, 0.3) is 11.8 Å². The van der Waals surface area contributed by atoms with Crippen molar-refractivity contribution < 1.29 is 18.8 Å². The molecule has 0 saturated carbocycles. The molecule has 7 nitrogen and oxygen atoms in total. The van der Waals surface area contributed by atoms with Crippen LogP contribution in [0, 0.1) is 0 Å². The number of rotatable bonds is 6. The molecule has 1 aromatic heterocycles. The number of hydrogen-bond donors (Lipinski definition) is 3. The van der Waals surface area contributed by atoms with Crippen molar-refractivity contribution in [2.24, 2.45) is 0 Å². The molecule has 3 aromatic rings. The molecule has 0 aliphatic carbocycles. The highest BCUT2D eigenvalue weighted by atomic mass is 16.3. The van der Waals surface area contributed by atoms with Crippen LogP contribution in [0.5, 0.6) is 0 Å². The van der Waals surface area contributed by atoms with E-state index in [9.17, 15) is 14.4 Å². The first kappa shape index (κ1) is 18.9. The molecule has 142 valence electrons. The quantitative estimate of drug-likeness (QED) is 0.613. The van der Waals surface area contributed by atoms with Crippen LogP contribution in [-0.4, -0.2) is 17.7 Å². The van der Waals surface area contributed by atoms with Crippen LogP contribution in [0.25, 0.3) is 0 Å². The van der Waals surface area contributed by atoms with Gasteiger partial charge in [-0.3, -0.25) is 14.4 Å². The van der Waals surface area contributed by atoms with Crippen molar-refractivity contribution in [3.8, 4) is 0 Å². The van der Waals surface area contributed by atoms with Crippen LogP contribution >= 0.6 is 0 Å². The maximum absolute atomic E-state index is 12.2. The molecule has 3 rings (SSSR count). The number of carbonyl (C=O) groups excluding carboxylic acids is 3. The Morgan fingerprint density at radius 1 is 0.821 bits per heavy atom.